The van der Waals surface area contributed by atoms with Crippen LogP contribution in [0, 0.1) is 11.6 Å². The van der Waals surface area contributed by atoms with Crippen LogP contribution in [-0.4, -0.2) is 77.5 Å². The molecule has 0 saturated carbocycles. The number of carbonyl (C=O) groups is 2. The highest BCUT2D eigenvalue weighted by molar-refractivity contribution is 7.89. The summed E-state index contributed by atoms with van der Waals surface area (Å²) in [6.45, 7) is -0.612. The maximum Gasteiger partial charge on any atom is 0.309 e. The Balaban J connectivity index is 2.00. The quantitative estimate of drug-likeness (QED) is 0.402. The molecule has 13 heteroatoms. The molecule has 1 fully saturated rings. The molecule has 0 unspecified atom stereocenters. The molecule has 0 aromatic heterocycles. The van der Waals surface area contributed by atoms with Crippen LogP contribution in [-0.2, 0) is 33.8 Å². The number of halogens is 2. The van der Waals surface area contributed by atoms with Gasteiger partial charge in [0.1, 0.15) is 22.8 Å². The SMILES string of the molecule is COC(CNC(=O)C(=O)NC[C@@H]1OCCN1S(=O)(=O)c1cc(F)ccc1F)OC. The summed E-state index contributed by atoms with van der Waals surface area (Å²) >= 11 is 0. The molecule has 162 valence electrons. The van der Waals surface area contributed by atoms with E-state index in [0.717, 1.165) is 10.4 Å². The van der Waals surface area contributed by atoms with Crippen molar-refractivity contribution >= 4 is 21.8 Å². The number of hydrogen-bond donors (Lipinski definition) is 2. The van der Waals surface area contributed by atoms with Crippen LogP contribution in [0.1, 0.15) is 0 Å². The van der Waals surface area contributed by atoms with Crippen molar-refractivity contribution in [2.75, 3.05) is 40.5 Å². The van der Waals surface area contributed by atoms with E-state index in [4.69, 9.17) is 14.2 Å². The summed E-state index contributed by atoms with van der Waals surface area (Å²) in [6, 6.07) is 2.06. The van der Waals surface area contributed by atoms with Gasteiger partial charge in [-0.05, 0) is 18.2 Å². The molecule has 1 saturated heterocycles. The Morgan fingerprint density at radius 3 is 2.55 bits per heavy atom. The fourth-order valence-corrected chi connectivity index (χ4v) is 4.11. The fraction of sp³-hybridized carbons (Fsp3) is 0.500. The molecule has 2 amide bonds. The summed E-state index contributed by atoms with van der Waals surface area (Å²) in [4.78, 5) is 22.8. The lowest BCUT2D eigenvalue weighted by molar-refractivity contribution is -0.142. The summed E-state index contributed by atoms with van der Waals surface area (Å²) in [6.07, 6.45) is -1.93. The average molecular weight is 437 g/mol. The minimum atomic E-state index is -4.43. The zero-order chi connectivity index (χ0) is 21.6. The summed E-state index contributed by atoms with van der Waals surface area (Å²) in [7, 11) is -1.72. The number of carbonyl (C=O) groups excluding carboxylic acids is 2. The first kappa shape index (κ1) is 23.1. The number of amides is 2. The summed E-state index contributed by atoms with van der Waals surface area (Å²) in [5.41, 5.74) is 0. The average Bonchev–Trinajstić information content (AvgIpc) is 3.18. The molecular formula is C16H21F2N3O7S. The molecular weight excluding hydrogens is 416 g/mol. The topological polar surface area (TPSA) is 123 Å². The number of sulfonamides is 1. The Morgan fingerprint density at radius 2 is 1.90 bits per heavy atom. The molecule has 1 aliphatic rings. The first-order valence-corrected chi connectivity index (χ1v) is 9.84. The number of rotatable bonds is 8. The summed E-state index contributed by atoms with van der Waals surface area (Å²) < 4.78 is 68.4. The Kier molecular flexibility index (Phi) is 7.98. The molecule has 10 nitrogen and oxygen atoms in total. The first-order chi connectivity index (χ1) is 13.7. The number of nitrogens with zero attached hydrogens (tertiary/aromatic N) is 1. The minimum Gasteiger partial charge on any atom is -0.359 e. The Labute approximate surface area is 166 Å². The van der Waals surface area contributed by atoms with E-state index in [9.17, 15) is 26.8 Å². The van der Waals surface area contributed by atoms with Gasteiger partial charge in [0.15, 0.2) is 6.29 Å². The van der Waals surface area contributed by atoms with Gasteiger partial charge >= 0.3 is 11.8 Å². The molecule has 0 bridgehead atoms. The predicted molar refractivity (Wildman–Crippen MR) is 93.8 cm³/mol. The standard InChI is InChI=1S/C16H21F2N3O7S/c1-26-14(27-2)9-20-16(23)15(22)19-8-13-21(5-6-28-13)29(24,25)12-7-10(17)3-4-11(12)18/h3-4,7,13-14H,5-6,8-9H2,1-2H3,(H,19,22)(H,20,23)/t13-/m0/s1. The molecule has 1 atom stereocenters. The first-order valence-electron chi connectivity index (χ1n) is 8.40. The van der Waals surface area contributed by atoms with E-state index >= 15 is 0 Å². The van der Waals surface area contributed by atoms with Crippen LogP contribution in [0.5, 0.6) is 0 Å². The largest absolute Gasteiger partial charge is 0.359 e. The van der Waals surface area contributed by atoms with Crippen molar-refractivity contribution in [1.82, 2.24) is 14.9 Å². The highest BCUT2D eigenvalue weighted by Gasteiger charge is 2.38. The Morgan fingerprint density at radius 1 is 1.24 bits per heavy atom. The lowest BCUT2D eigenvalue weighted by Gasteiger charge is -2.23. The van der Waals surface area contributed by atoms with Crippen LogP contribution in [0.25, 0.3) is 0 Å². The lowest BCUT2D eigenvalue weighted by atomic mass is 10.3. The highest BCUT2D eigenvalue weighted by atomic mass is 32.2. The zero-order valence-electron chi connectivity index (χ0n) is 15.7. The zero-order valence-corrected chi connectivity index (χ0v) is 16.5. The van der Waals surface area contributed by atoms with Crippen LogP contribution in [0.2, 0.25) is 0 Å². The van der Waals surface area contributed by atoms with Crippen molar-refractivity contribution in [3.63, 3.8) is 0 Å². The predicted octanol–water partition coefficient (Wildman–Crippen LogP) is -0.837. The van der Waals surface area contributed by atoms with Gasteiger partial charge < -0.3 is 24.8 Å². The molecule has 1 aliphatic heterocycles. The molecule has 0 aliphatic carbocycles. The van der Waals surface area contributed by atoms with Gasteiger partial charge in [-0.3, -0.25) is 9.59 Å². The van der Waals surface area contributed by atoms with Crippen molar-refractivity contribution in [2.45, 2.75) is 17.4 Å². The molecule has 2 N–H and O–H groups in total. The molecule has 0 spiro atoms. The van der Waals surface area contributed by atoms with Gasteiger partial charge in [0.25, 0.3) is 0 Å². The number of nitrogens with one attached hydrogen (secondary N) is 2. The van der Waals surface area contributed by atoms with E-state index in [-0.39, 0.29) is 26.2 Å². The van der Waals surface area contributed by atoms with E-state index in [2.05, 4.69) is 10.6 Å². The van der Waals surface area contributed by atoms with Gasteiger partial charge in [0.05, 0.1) is 19.7 Å². The van der Waals surface area contributed by atoms with E-state index in [1.54, 1.807) is 0 Å². The van der Waals surface area contributed by atoms with Gasteiger partial charge in [0.2, 0.25) is 10.0 Å². The molecule has 1 aromatic carbocycles. The summed E-state index contributed by atoms with van der Waals surface area (Å²) in [5.74, 6) is -4.07. The van der Waals surface area contributed by atoms with E-state index < -0.39 is 50.9 Å². The molecule has 2 rings (SSSR count). The van der Waals surface area contributed by atoms with E-state index in [0.29, 0.717) is 12.1 Å². The van der Waals surface area contributed by atoms with Crippen LogP contribution in [0.4, 0.5) is 8.78 Å². The van der Waals surface area contributed by atoms with Crippen molar-refractivity contribution < 1.29 is 41.0 Å². The third-order valence-electron chi connectivity index (χ3n) is 4.02. The third-order valence-corrected chi connectivity index (χ3v) is 5.93. The van der Waals surface area contributed by atoms with E-state index in [1.807, 2.05) is 0 Å². The fourth-order valence-electron chi connectivity index (χ4n) is 2.52. The number of ether oxygens (including phenoxy) is 3. The lowest BCUT2D eigenvalue weighted by Crippen LogP contribution is -2.48. The number of methoxy groups -OCH3 is 2. The van der Waals surface area contributed by atoms with Gasteiger partial charge in [-0.15, -0.1) is 0 Å². The summed E-state index contributed by atoms with van der Waals surface area (Å²) in [5, 5.41) is 4.51. The minimum absolute atomic E-state index is 0.0216. The third kappa shape index (κ3) is 5.67. The smallest absolute Gasteiger partial charge is 0.309 e. The van der Waals surface area contributed by atoms with Crippen molar-refractivity contribution in [2.24, 2.45) is 0 Å². The maximum atomic E-state index is 13.9. The second-order valence-corrected chi connectivity index (χ2v) is 7.70. The molecule has 0 radical (unpaired) electrons. The molecule has 29 heavy (non-hydrogen) atoms. The van der Waals surface area contributed by atoms with Gasteiger partial charge in [-0.25, -0.2) is 17.2 Å². The van der Waals surface area contributed by atoms with Gasteiger partial charge in [-0.1, -0.05) is 0 Å². The van der Waals surface area contributed by atoms with Crippen LogP contribution in [0.3, 0.4) is 0 Å². The Hall–Kier alpha value is -2.19. The van der Waals surface area contributed by atoms with Crippen molar-refractivity contribution in [3.05, 3.63) is 29.8 Å². The van der Waals surface area contributed by atoms with Crippen LogP contribution < -0.4 is 10.6 Å². The molecule has 1 heterocycles. The second-order valence-electron chi connectivity index (χ2n) is 5.84. The van der Waals surface area contributed by atoms with Crippen molar-refractivity contribution in [1.29, 1.82) is 0 Å². The number of hydrogen-bond acceptors (Lipinski definition) is 7. The van der Waals surface area contributed by atoms with Crippen LogP contribution in [0.15, 0.2) is 23.1 Å². The Bertz CT molecular complexity index is 849. The van der Waals surface area contributed by atoms with Crippen LogP contribution >= 0.6 is 0 Å². The normalized spacial score (nSPS) is 17.5. The second kappa shape index (κ2) is 10.0. The van der Waals surface area contributed by atoms with Gasteiger partial charge in [-0.2, -0.15) is 4.31 Å². The van der Waals surface area contributed by atoms with Crippen molar-refractivity contribution in [3.8, 4) is 0 Å². The van der Waals surface area contributed by atoms with Gasteiger partial charge in [0, 0.05) is 20.8 Å². The maximum absolute atomic E-state index is 13.9. The monoisotopic (exact) mass is 437 g/mol. The molecule has 1 aromatic rings. The number of benzene rings is 1. The van der Waals surface area contributed by atoms with E-state index in [1.165, 1.54) is 14.2 Å². The highest BCUT2D eigenvalue weighted by Crippen LogP contribution is 2.24.